The molecule has 1 saturated heterocycles. The Bertz CT molecular complexity index is 1110. The highest BCUT2D eigenvalue weighted by Gasteiger charge is 2.24. The molecule has 1 fully saturated rings. The first kappa shape index (κ1) is 22.5. The third-order valence-electron chi connectivity index (χ3n) is 5.03. The molecule has 0 atom stereocenters. The number of anilines is 1. The first-order valence-electron chi connectivity index (χ1n) is 9.80. The zero-order valence-electron chi connectivity index (χ0n) is 16.9. The molecule has 0 aromatic heterocycles. The van der Waals surface area contributed by atoms with Crippen LogP contribution in [0.4, 0.5) is 10.1 Å². The fourth-order valence-corrected chi connectivity index (χ4v) is 4.50. The van der Waals surface area contributed by atoms with E-state index in [1.54, 1.807) is 17.0 Å². The fraction of sp³-hybridized carbons (Fsp3) is 0.273. The minimum atomic E-state index is -4.10. The number of hydrogen-bond acceptors (Lipinski definition) is 5. The molecule has 0 spiro atoms. The first-order valence-corrected chi connectivity index (χ1v) is 11.3. The van der Waals surface area contributed by atoms with Gasteiger partial charge in [-0.2, -0.15) is 5.26 Å². The largest absolute Gasteiger partial charge is 0.370 e. The minimum Gasteiger partial charge on any atom is -0.370 e. The Morgan fingerprint density at radius 2 is 1.90 bits per heavy atom. The summed E-state index contributed by atoms with van der Waals surface area (Å²) in [6.07, 6.45) is 2.07. The zero-order valence-corrected chi connectivity index (χ0v) is 17.7. The second kappa shape index (κ2) is 9.73. The number of halogens is 1. The number of amides is 1. The minimum absolute atomic E-state index is 0.0444. The van der Waals surface area contributed by atoms with Gasteiger partial charge in [0.05, 0.1) is 11.6 Å². The topological polar surface area (TPSA) is 93.5 Å². The van der Waals surface area contributed by atoms with E-state index in [4.69, 9.17) is 5.26 Å². The number of rotatable bonds is 6. The van der Waals surface area contributed by atoms with E-state index < -0.39 is 20.7 Å². The Labute approximate surface area is 181 Å². The van der Waals surface area contributed by atoms with Crippen LogP contribution in [-0.4, -0.2) is 51.9 Å². The lowest BCUT2D eigenvalue weighted by Crippen LogP contribution is -2.35. The van der Waals surface area contributed by atoms with E-state index in [2.05, 4.69) is 22.3 Å². The number of sulfonamides is 1. The number of nitriles is 1. The fourth-order valence-electron chi connectivity index (χ4n) is 3.40. The predicted octanol–water partition coefficient (Wildman–Crippen LogP) is 2.51. The average molecular weight is 443 g/mol. The van der Waals surface area contributed by atoms with Gasteiger partial charge in [-0.05, 0) is 48.9 Å². The van der Waals surface area contributed by atoms with Gasteiger partial charge in [-0.25, -0.2) is 17.5 Å². The van der Waals surface area contributed by atoms with Crippen LogP contribution in [0.1, 0.15) is 22.3 Å². The van der Waals surface area contributed by atoms with E-state index in [1.165, 1.54) is 12.1 Å². The molecule has 0 bridgehead atoms. The highest BCUT2D eigenvalue weighted by Crippen LogP contribution is 2.20. The standard InChI is InChI=1S/C22H23FN4O3S/c1-2-10-25-31(29,30)21-15-18(6-9-20(21)23)22(28)27-12-3-11-26(13-14-27)19-7-4-17(16-24)5-8-19/h2,4-9,15,25H,1,3,10-14H2. The van der Waals surface area contributed by atoms with Gasteiger partial charge in [0.2, 0.25) is 10.0 Å². The van der Waals surface area contributed by atoms with Crippen molar-refractivity contribution >= 4 is 21.6 Å². The van der Waals surface area contributed by atoms with Crippen LogP contribution in [0.2, 0.25) is 0 Å². The van der Waals surface area contributed by atoms with Crippen LogP contribution in [0.5, 0.6) is 0 Å². The molecule has 3 rings (SSSR count). The number of hydrogen-bond donors (Lipinski definition) is 1. The Morgan fingerprint density at radius 1 is 1.16 bits per heavy atom. The summed E-state index contributed by atoms with van der Waals surface area (Å²) in [5.74, 6) is -1.27. The number of carbonyl (C=O) groups excluding carboxylic acids is 1. The van der Waals surface area contributed by atoms with Crippen molar-refractivity contribution in [3.8, 4) is 6.07 Å². The normalized spacial score (nSPS) is 14.6. The van der Waals surface area contributed by atoms with Gasteiger partial charge in [-0.3, -0.25) is 4.79 Å². The maximum Gasteiger partial charge on any atom is 0.253 e. The van der Waals surface area contributed by atoms with Crippen LogP contribution in [0.15, 0.2) is 60.0 Å². The second-order valence-corrected chi connectivity index (χ2v) is 8.81. The molecular weight excluding hydrogens is 419 g/mol. The smallest absolute Gasteiger partial charge is 0.253 e. The van der Waals surface area contributed by atoms with Crippen LogP contribution in [-0.2, 0) is 10.0 Å². The van der Waals surface area contributed by atoms with Gasteiger partial charge in [0, 0.05) is 44.0 Å². The van der Waals surface area contributed by atoms with Crippen LogP contribution in [0.3, 0.4) is 0 Å². The van der Waals surface area contributed by atoms with E-state index in [0.717, 1.165) is 30.8 Å². The van der Waals surface area contributed by atoms with Gasteiger partial charge in [0.1, 0.15) is 10.7 Å². The molecule has 0 aliphatic carbocycles. The van der Waals surface area contributed by atoms with E-state index in [9.17, 15) is 17.6 Å². The molecular formula is C22H23FN4O3S. The van der Waals surface area contributed by atoms with Gasteiger partial charge < -0.3 is 9.80 Å². The number of benzene rings is 2. The van der Waals surface area contributed by atoms with E-state index >= 15 is 0 Å². The highest BCUT2D eigenvalue weighted by atomic mass is 32.2. The molecule has 31 heavy (non-hydrogen) atoms. The van der Waals surface area contributed by atoms with Gasteiger partial charge >= 0.3 is 0 Å². The molecule has 2 aromatic rings. The summed E-state index contributed by atoms with van der Waals surface area (Å²) in [6, 6.07) is 12.7. The van der Waals surface area contributed by atoms with E-state index in [-0.39, 0.29) is 18.0 Å². The number of nitrogens with zero attached hydrogens (tertiary/aromatic N) is 3. The Kier molecular flexibility index (Phi) is 7.05. The summed E-state index contributed by atoms with van der Waals surface area (Å²) in [6.45, 7) is 5.65. The van der Waals surface area contributed by atoms with Gasteiger partial charge in [0.25, 0.3) is 5.91 Å². The lowest BCUT2D eigenvalue weighted by atomic mass is 10.2. The van der Waals surface area contributed by atoms with Crippen LogP contribution >= 0.6 is 0 Å². The third-order valence-corrected chi connectivity index (χ3v) is 6.47. The van der Waals surface area contributed by atoms with Gasteiger partial charge in [-0.15, -0.1) is 6.58 Å². The average Bonchev–Trinajstić information content (AvgIpc) is 3.04. The lowest BCUT2D eigenvalue weighted by molar-refractivity contribution is 0.0766. The van der Waals surface area contributed by atoms with Crippen molar-refractivity contribution in [3.05, 3.63) is 72.1 Å². The van der Waals surface area contributed by atoms with Crippen LogP contribution in [0.25, 0.3) is 0 Å². The summed E-state index contributed by atoms with van der Waals surface area (Å²) in [4.78, 5) is 16.2. The lowest BCUT2D eigenvalue weighted by Gasteiger charge is -2.24. The summed E-state index contributed by atoms with van der Waals surface area (Å²) in [5, 5.41) is 8.94. The van der Waals surface area contributed by atoms with Crippen molar-refractivity contribution in [3.63, 3.8) is 0 Å². The summed E-state index contributed by atoms with van der Waals surface area (Å²) < 4.78 is 41.0. The predicted molar refractivity (Wildman–Crippen MR) is 116 cm³/mol. The first-order chi connectivity index (χ1) is 14.9. The molecule has 0 saturated carbocycles. The molecule has 0 unspecified atom stereocenters. The molecule has 1 N–H and O–H groups in total. The molecule has 1 aliphatic heterocycles. The third kappa shape index (κ3) is 5.29. The Morgan fingerprint density at radius 3 is 2.58 bits per heavy atom. The molecule has 1 aliphatic rings. The monoisotopic (exact) mass is 442 g/mol. The van der Waals surface area contributed by atoms with Gasteiger partial charge in [-0.1, -0.05) is 6.08 Å². The molecule has 7 nitrogen and oxygen atoms in total. The molecule has 9 heteroatoms. The Hall–Kier alpha value is -3.22. The summed E-state index contributed by atoms with van der Waals surface area (Å²) in [7, 11) is -4.10. The van der Waals surface area contributed by atoms with Gasteiger partial charge in [0.15, 0.2) is 0 Å². The van der Waals surface area contributed by atoms with Crippen molar-refractivity contribution in [1.29, 1.82) is 5.26 Å². The van der Waals surface area contributed by atoms with E-state index in [1.807, 2.05) is 12.1 Å². The van der Waals surface area contributed by atoms with Crippen molar-refractivity contribution in [2.24, 2.45) is 0 Å². The quantitative estimate of drug-likeness (QED) is 0.694. The highest BCUT2D eigenvalue weighted by molar-refractivity contribution is 7.89. The van der Waals surface area contributed by atoms with Crippen molar-refractivity contribution in [2.75, 3.05) is 37.6 Å². The molecule has 162 valence electrons. The van der Waals surface area contributed by atoms with Crippen molar-refractivity contribution in [2.45, 2.75) is 11.3 Å². The SMILES string of the molecule is C=CCNS(=O)(=O)c1cc(C(=O)N2CCCN(c3ccc(C#N)cc3)CC2)ccc1F. The zero-order chi connectivity index (χ0) is 22.4. The second-order valence-electron chi connectivity index (χ2n) is 7.08. The van der Waals surface area contributed by atoms with E-state index in [0.29, 0.717) is 25.2 Å². The summed E-state index contributed by atoms with van der Waals surface area (Å²) in [5.41, 5.74) is 1.67. The van der Waals surface area contributed by atoms with Crippen LogP contribution in [0, 0.1) is 17.1 Å². The number of carbonyl (C=O) groups is 1. The molecule has 0 radical (unpaired) electrons. The van der Waals surface area contributed by atoms with Crippen molar-refractivity contribution in [1.82, 2.24) is 9.62 Å². The maximum absolute atomic E-state index is 14.2. The molecule has 2 aromatic carbocycles. The summed E-state index contributed by atoms with van der Waals surface area (Å²) >= 11 is 0. The Balaban J connectivity index is 1.75. The molecule has 1 heterocycles. The van der Waals surface area contributed by atoms with Crippen molar-refractivity contribution < 1.29 is 17.6 Å². The maximum atomic E-state index is 14.2. The molecule has 1 amide bonds. The number of nitrogens with one attached hydrogen (secondary N) is 1. The van der Waals surface area contributed by atoms with Crippen LogP contribution < -0.4 is 9.62 Å².